The van der Waals surface area contributed by atoms with Crippen molar-refractivity contribution in [2.45, 2.75) is 65.2 Å². The number of Topliss-reactive ketones (excluding diaryl/α,β-unsaturated/α-hetero) is 1. The molecule has 0 atom stereocenters. The zero-order valence-corrected chi connectivity index (χ0v) is 55.9. The number of carbonyl (C=O) groups is 4. The van der Waals surface area contributed by atoms with E-state index in [9.17, 15) is 45.1 Å². The molecule has 27 heteroatoms. The van der Waals surface area contributed by atoms with Crippen LogP contribution < -0.4 is 99.6 Å². The summed E-state index contributed by atoms with van der Waals surface area (Å²) in [6.45, 7) is 11.3. The van der Waals surface area contributed by atoms with Crippen molar-refractivity contribution in [1.29, 1.82) is 0 Å². The molecule has 7 aromatic carbocycles. The molecule has 9 rings (SSSR count). The Morgan fingerprint density at radius 3 is 1.59 bits per heavy atom. The normalized spacial score (nSPS) is 11.0. The van der Waals surface area contributed by atoms with Crippen molar-refractivity contribution in [3.63, 3.8) is 0 Å². The largest absolute Gasteiger partial charge is 1.00 e. The summed E-state index contributed by atoms with van der Waals surface area (Å²) in [7, 11) is -13.2. The zero-order valence-electron chi connectivity index (χ0n) is 49.7. The van der Waals surface area contributed by atoms with Crippen LogP contribution in [0.4, 0.5) is 42.8 Å². The van der Waals surface area contributed by atoms with E-state index in [-0.39, 0.29) is 117 Å². The Balaban J connectivity index is 0.000000696. The van der Waals surface area contributed by atoms with Crippen LogP contribution in [0.25, 0.3) is 33.4 Å². The Morgan fingerprint density at radius 2 is 1.09 bits per heavy atom. The van der Waals surface area contributed by atoms with Crippen molar-refractivity contribution >= 4 is 105 Å². The third kappa shape index (κ3) is 20.0. The maximum Gasteiger partial charge on any atom is 1.00 e. The minimum Gasteiger partial charge on any atom is -0.744 e. The van der Waals surface area contributed by atoms with E-state index in [0.717, 1.165) is 5.56 Å². The number of hydrogen-bond acceptors (Lipinski definition) is 18. The van der Waals surface area contributed by atoms with Gasteiger partial charge in [-0.2, -0.15) is 6.07 Å². The van der Waals surface area contributed by atoms with Crippen molar-refractivity contribution in [3.05, 3.63) is 196 Å². The summed E-state index contributed by atoms with van der Waals surface area (Å²) >= 11 is 4.95. The van der Waals surface area contributed by atoms with Gasteiger partial charge in [0.25, 0.3) is 0 Å². The van der Waals surface area contributed by atoms with Gasteiger partial charge >= 0.3 is 87.3 Å². The fourth-order valence-electron chi connectivity index (χ4n) is 8.96. The number of carbonyl (C=O) groups excluding carboxylic acids is 4. The molecule has 0 radical (unpaired) electrons. The molecule has 0 unspecified atom stereocenters. The molecule has 446 valence electrons. The second-order valence-electron chi connectivity index (χ2n) is 18.5. The van der Waals surface area contributed by atoms with E-state index in [1.807, 2.05) is 32.9 Å². The van der Waals surface area contributed by atoms with Crippen LogP contribution in [0.15, 0.2) is 166 Å². The molecule has 1 heterocycles. The standard InChI is InChI=1S/C51H43N4O11S2.C7H5ClO2.C3H6O.2Na.O3S/c1-28-25-29(2)46(54-50(56)64-36-15-9-7-10-16-36)30(3)45(28)52-34-21-23-38-41(26-34)66-42-27-35(22-24-39(42)44(38)40-19-13-14-20-43(40)67(58,59)60)53-47-31(4)48(33(6)49(32(47)5)68(61,62)63)55-51(57)65-37-17-11-8-12-18-37;8-7(9)10-6-4-2-1-3-5-6;1-3(2)4;;;1-4(2)3/h7-24,26-27,52H,1-6H3,(H,54,56)(H,55,57)(H,58,59,60)(H,61,62,63);1-5H;1-2H3;;;/q-1;;;2*+1;/p-1/i;;1D;;;. The predicted octanol–water partition coefficient (Wildman–Crippen LogP) is 4.97. The second kappa shape index (κ2) is 32.6. The van der Waals surface area contributed by atoms with Gasteiger partial charge in [0, 0.05) is 64.0 Å². The Hall–Kier alpha value is -7.56. The Labute approximate surface area is 559 Å². The molecule has 2 amide bonds. The van der Waals surface area contributed by atoms with Crippen LogP contribution in [0.1, 0.15) is 48.6 Å². The van der Waals surface area contributed by atoms with Crippen LogP contribution in [0.3, 0.4) is 0 Å². The smallest absolute Gasteiger partial charge is 0.744 e. The maximum absolute atomic E-state index is 13.1. The molecular weight excluding hydrogens is 1240 g/mol. The number of benzene rings is 8. The van der Waals surface area contributed by atoms with E-state index in [0.29, 0.717) is 67.1 Å². The van der Waals surface area contributed by atoms with Crippen molar-refractivity contribution in [1.82, 2.24) is 0 Å². The van der Waals surface area contributed by atoms with Gasteiger partial charge in [0.2, 0.25) is 11.0 Å². The third-order valence-electron chi connectivity index (χ3n) is 12.3. The fraction of sp³-hybridized carbons (Fsp3) is 0.131. The van der Waals surface area contributed by atoms with E-state index in [1.165, 1.54) is 39.0 Å². The molecule has 1 aliphatic heterocycles. The van der Waals surface area contributed by atoms with Crippen LogP contribution in [-0.2, 0) is 35.6 Å². The number of nitrogens with one attached hydrogen (secondary N) is 4. The monoisotopic (exact) mass is 1290 g/mol. The predicted molar refractivity (Wildman–Crippen MR) is 318 cm³/mol. The number of halogens is 1. The van der Waals surface area contributed by atoms with Crippen LogP contribution in [-0.4, -0.2) is 62.0 Å². The summed E-state index contributed by atoms with van der Waals surface area (Å²) in [5.41, 5.74) is 4.85. The quantitative estimate of drug-likeness (QED) is 0.0437. The van der Waals surface area contributed by atoms with Crippen molar-refractivity contribution < 1.29 is 142 Å². The van der Waals surface area contributed by atoms with Gasteiger partial charge in [-0.15, -0.1) is 29.3 Å². The van der Waals surface area contributed by atoms with Gasteiger partial charge in [-0.05, 0) is 101 Å². The average molecular weight is 1290 g/mol. The molecule has 0 saturated heterocycles. The minimum atomic E-state index is -5.09. The second-order valence-corrected chi connectivity index (χ2v) is 21.9. The molecule has 88 heavy (non-hydrogen) atoms. The first kappa shape index (κ1) is 71.2. The van der Waals surface area contributed by atoms with E-state index in [4.69, 9.17) is 39.5 Å². The van der Waals surface area contributed by atoms with Crippen molar-refractivity contribution in [2.24, 2.45) is 0 Å². The maximum atomic E-state index is 13.1. The number of rotatable bonds is 11. The van der Waals surface area contributed by atoms with Crippen LogP contribution >= 0.6 is 11.6 Å². The van der Waals surface area contributed by atoms with Gasteiger partial charge in [-0.3, -0.25) is 5.32 Å². The number of amides is 2. The number of anilines is 4. The summed E-state index contributed by atoms with van der Waals surface area (Å²) in [6.07, 6.45) is -1.61. The molecular formula is C61H53ClN4Na2O17S3. The molecule has 21 nitrogen and oxygen atoms in total. The molecule has 2 aliphatic rings. The molecule has 0 saturated carbocycles. The van der Waals surface area contributed by atoms with E-state index in [2.05, 4.69) is 31.7 Å². The molecule has 0 fully saturated rings. The van der Waals surface area contributed by atoms with Crippen LogP contribution in [0, 0.1) is 47.6 Å². The zero-order chi connectivity index (χ0) is 63.9. The van der Waals surface area contributed by atoms with Gasteiger partial charge in [-0.1, -0.05) is 105 Å². The first-order valence-corrected chi connectivity index (χ1v) is 29.4. The number of ether oxygens (including phenoxy) is 3. The SMILES string of the molecule is Cc1[c-]c(C)c(Nc2ccc3c(-c4ccccc4S(=O)(=O)[O-])c4ccc(=[NH+]c5c(C)c(NC(=O)Oc6ccccc6)c(C)c(S(=O)(=O)[O-])c5C)cc-4oc3c2)c(C)c1NC(=O)Oc1ccccc1.O=C(Cl)Oc1ccccc1.O=S(=O)=O.[2H]CC(C)=O.[Na+].[Na+]. The Kier molecular flexibility index (Phi) is 26.4. The molecule has 7 aromatic rings. The number of hydrogen-bond donors (Lipinski definition) is 4. The number of aryl methyl sites for hydroxylation is 2. The van der Waals surface area contributed by atoms with Gasteiger partial charge in [-0.25, -0.2) is 36.2 Å². The summed E-state index contributed by atoms with van der Waals surface area (Å²) in [4.78, 5) is 48.1. The number of fused-ring (bicyclic) bond motifs is 2. The molecule has 0 aromatic heterocycles. The first-order chi connectivity index (χ1) is 41.1. The molecule has 1 aliphatic carbocycles. The van der Waals surface area contributed by atoms with Gasteiger partial charge < -0.3 is 43.2 Å². The van der Waals surface area contributed by atoms with Gasteiger partial charge in [0.1, 0.15) is 54.6 Å². The minimum absolute atomic E-state index is 0. The summed E-state index contributed by atoms with van der Waals surface area (Å²) in [6, 6.07) is 44.7. The van der Waals surface area contributed by atoms with Crippen molar-refractivity contribution in [2.75, 3.05) is 16.0 Å². The summed E-state index contributed by atoms with van der Waals surface area (Å²) in [5.74, 6) is 1.20. The van der Waals surface area contributed by atoms with Crippen molar-refractivity contribution in [3.8, 4) is 39.7 Å². The molecule has 0 bridgehead atoms. The Bertz CT molecular complexity index is 4470. The Morgan fingerprint density at radius 1 is 0.602 bits per heavy atom. The third-order valence-corrected chi connectivity index (χ3v) is 14.4. The average Bonchev–Trinajstić information content (AvgIpc) is 0.786. The van der Waals surface area contributed by atoms with E-state index >= 15 is 0 Å². The molecule has 4 N–H and O–H groups in total. The first-order valence-electron chi connectivity index (χ1n) is 25.9. The number of para-hydroxylation sites is 3. The van der Waals surface area contributed by atoms with Crippen LogP contribution in [0.5, 0.6) is 17.2 Å². The summed E-state index contributed by atoms with van der Waals surface area (Å²) in [5, 5.41) is 9.67. The fourth-order valence-corrected chi connectivity index (χ4v) is 10.7. The number of ketones is 1. The van der Waals surface area contributed by atoms with Gasteiger partial charge in [0.05, 0.1) is 21.5 Å². The van der Waals surface area contributed by atoms with Crippen LogP contribution in [0.2, 0.25) is 0 Å². The molecule has 0 spiro atoms. The topological polar surface area (TPSA) is 325 Å². The van der Waals surface area contributed by atoms with Gasteiger partial charge in [0.15, 0.2) is 0 Å². The van der Waals surface area contributed by atoms with E-state index in [1.54, 1.807) is 128 Å². The summed E-state index contributed by atoms with van der Waals surface area (Å²) < 4.78 is 130. The van der Waals surface area contributed by atoms with E-state index < -0.39 is 58.3 Å².